The molecular formula is C24H55O2Ti. The van der Waals surface area contributed by atoms with Gasteiger partial charge in [-0.25, -0.2) is 0 Å². The number of hydrogen-bond acceptors (Lipinski definition) is 0. The van der Waals surface area contributed by atoms with Crippen molar-refractivity contribution in [3.8, 4) is 0 Å². The molecule has 0 rings (SSSR count). The van der Waals surface area contributed by atoms with Crippen molar-refractivity contribution in [2.75, 3.05) is 0 Å². The van der Waals surface area contributed by atoms with Crippen molar-refractivity contribution in [2.45, 2.75) is 136 Å². The van der Waals surface area contributed by atoms with Crippen LogP contribution < -0.4 is 0 Å². The second-order valence-electron chi connectivity index (χ2n) is 6.80. The number of hydrogen-bond donors (Lipinski definition) is 0. The Morgan fingerprint density at radius 2 is 0.556 bits per heavy atom. The fourth-order valence-electron chi connectivity index (χ4n) is 2.34. The van der Waals surface area contributed by atoms with Gasteiger partial charge in [0, 0.05) is 0 Å². The summed E-state index contributed by atoms with van der Waals surface area (Å²) in [7, 11) is 0. The van der Waals surface area contributed by atoms with E-state index in [0.717, 1.165) is 19.3 Å². The van der Waals surface area contributed by atoms with E-state index in [1.807, 2.05) is 0 Å². The van der Waals surface area contributed by atoms with Gasteiger partial charge in [-0.3, -0.25) is 0 Å². The Labute approximate surface area is 189 Å². The van der Waals surface area contributed by atoms with Gasteiger partial charge in [0.1, 0.15) is 0 Å². The fourth-order valence-corrected chi connectivity index (χ4v) is 2.34. The summed E-state index contributed by atoms with van der Waals surface area (Å²) in [6, 6.07) is 0. The van der Waals surface area contributed by atoms with Crippen molar-refractivity contribution < 1.29 is 32.7 Å². The van der Waals surface area contributed by atoms with E-state index in [1.165, 1.54) is 96.3 Å². The van der Waals surface area contributed by atoms with Crippen LogP contribution in [0.3, 0.4) is 0 Å². The topological polar surface area (TPSA) is 63.0 Å². The maximum Gasteiger partial charge on any atom is 3.00 e. The molecule has 0 atom stereocenters. The van der Waals surface area contributed by atoms with Crippen LogP contribution >= 0.6 is 0 Å². The van der Waals surface area contributed by atoms with Crippen molar-refractivity contribution in [1.29, 1.82) is 0 Å². The third-order valence-electron chi connectivity index (χ3n) is 4.06. The molecule has 0 fully saturated rings. The smallest absolute Gasteiger partial charge is 0.412 e. The van der Waals surface area contributed by atoms with Crippen molar-refractivity contribution >= 4 is 0 Å². The van der Waals surface area contributed by atoms with Gasteiger partial charge in [-0.15, -0.1) is 0 Å². The van der Waals surface area contributed by atoms with Gasteiger partial charge in [-0.05, 0) is 0 Å². The molecule has 0 spiro atoms. The molecule has 167 valence electrons. The van der Waals surface area contributed by atoms with Crippen LogP contribution in [0.15, 0.2) is 0 Å². The standard InChI is InChI=1S/3C8H17.2H2O.Ti/c3*1-3-5-7-8-6-4-2;;;/h3*1,3-8H2,2H3;2*1H2;/q3*-1;;;+3. The van der Waals surface area contributed by atoms with Crippen LogP contribution in [0.2, 0.25) is 0 Å². The Balaban J connectivity index is -0.0000000580. The molecule has 0 unspecified atom stereocenters. The van der Waals surface area contributed by atoms with Gasteiger partial charge in [0.05, 0.1) is 0 Å². The van der Waals surface area contributed by atoms with Gasteiger partial charge in [-0.2, -0.15) is 19.3 Å². The van der Waals surface area contributed by atoms with Crippen LogP contribution in [-0.2, 0) is 21.7 Å². The van der Waals surface area contributed by atoms with Crippen LogP contribution in [0, 0.1) is 20.8 Å². The zero-order valence-corrected chi connectivity index (χ0v) is 20.9. The quantitative estimate of drug-likeness (QED) is 0.146. The molecular weight excluding hydrogens is 368 g/mol. The molecule has 0 aliphatic rings. The molecule has 0 aliphatic heterocycles. The molecule has 0 saturated heterocycles. The average Bonchev–Trinajstić information content (AvgIpc) is 2.61. The first-order chi connectivity index (χ1) is 11.7. The molecule has 4 N–H and O–H groups in total. The van der Waals surface area contributed by atoms with Gasteiger partial charge in [0.25, 0.3) is 0 Å². The summed E-state index contributed by atoms with van der Waals surface area (Å²) < 4.78 is 0. The molecule has 0 aromatic carbocycles. The summed E-state index contributed by atoms with van der Waals surface area (Å²) >= 11 is 0. The summed E-state index contributed by atoms with van der Waals surface area (Å²) in [4.78, 5) is 0. The zero-order chi connectivity index (χ0) is 18.7. The summed E-state index contributed by atoms with van der Waals surface area (Å²) in [6.45, 7) is 18.1. The van der Waals surface area contributed by atoms with Crippen LogP contribution in [-0.4, -0.2) is 11.0 Å². The molecule has 0 aliphatic carbocycles. The molecule has 0 aromatic rings. The predicted octanol–water partition coefficient (Wildman–Crippen LogP) is 7.89. The van der Waals surface area contributed by atoms with Crippen LogP contribution in [0.25, 0.3) is 0 Å². The molecule has 0 heterocycles. The van der Waals surface area contributed by atoms with Gasteiger partial charge in [0.2, 0.25) is 0 Å². The molecule has 27 heavy (non-hydrogen) atoms. The van der Waals surface area contributed by atoms with Crippen molar-refractivity contribution in [2.24, 2.45) is 0 Å². The van der Waals surface area contributed by atoms with Crippen LogP contribution in [0.1, 0.15) is 136 Å². The minimum Gasteiger partial charge on any atom is -0.412 e. The third kappa shape index (κ3) is 66.1. The Morgan fingerprint density at radius 1 is 0.370 bits per heavy atom. The first kappa shape index (κ1) is 41.9. The normalized spacial score (nSPS) is 8.67. The van der Waals surface area contributed by atoms with E-state index in [9.17, 15) is 0 Å². The molecule has 2 nitrogen and oxygen atoms in total. The molecule has 3 heteroatoms. The average molecular weight is 424 g/mol. The van der Waals surface area contributed by atoms with E-state index in [4.69, 9.17) is 0 Å². The third-order valence-corrected chi connectivity index (χ3v) is 4.06. The number of rotatable bonds is 15. The van der Waals surface area contributed by atoms with Crippen LogP contribution in [0.4, 0.5) is 0 Å². The SMILES string of the molecule is O.O.[CH2-]CCCCCCC.[CH2-]CCCCCCC.[CH2-]CCCCCCC.[Ti+3]. The first-order valence-corrected chi connectivity index (χ1v) is 11.1. The zero-order valence-electron chi connectivity index (χ0n) is 19.3. The molecule has 1 radical (unpaired) electrons. The Bertz CT molecular complexity index is 120. The monoisotopic (exact) mass is 423 g/mol. The Morgan fingerprint density at radius 3 is 0.704 bits per heavy atom. The van der Waals surface area contributed by atoms with E-state index in [-0.39, 0.29) is 32.7 Å². The van der Waals surface area contributed by atoms with Crippen molar-refractivity contribution in [3.05, 3.63) is 20.8 Å². The van der Waals surface area contributed by atoms with Crippen molar-refractivity contribution in [1.82, 2.24) is 0 Å². The van der Waals surface area contributed by atoms with E-state index in [2.05, 4.69) is 41.5 Å². The summed E-state index contributed by atoms with van der Waals surface area (Å²) in [5.41, 5.74) is 0. The summed E-state index contributed by atoms with van der Waals surface area (Å²) in [5, 5.41) is 0. The van der Waals surface area contributed by atoms with Gasteiger partial charge in [0.15, 0.2) is 0 Å². The molecule has 0 amide bonds. The Kier molecular flexibility index (Phi) is 78.2. The second-order valence-corrected chi connectivity index (χ2v) is 6.80. The summed E-state index contributed by atoms with van der Waals surface area (Å²) in [6.07, 6.45) is 23.9. The van der Waals surface area contributed by atoms with Gasteiger partial charge in [-0.1, -0.05) is 117 Å². The molecule has 0 saturated carbocycles. The van der Waals surface area contributed by atoms with E-state index < -0.39 is 0 Å². The Hall–Kier alpha value is 0.634. The van der Waals surface area contributed by atoms with E-state index in [0.29, 0.717) is 0 Å². The minimum absolute atomic E-state index is 0. The largest absolute Gasteiger partial charge is 3.00 e. The molecule has 0 bridgehead atoms. The first-order valence-electron chi connectivity index (χ1n) is 11.1. The fraction of sp³-hybridized carbons (Fsp3) is 0.875. The van der Waals surface area contributed by atoms with Gasteiger partial charge >= 0.3 is 21.7 Å². The van der Waals surface area contributed by atoms with Crippen molar-refractivity contribution in [3.63, 3.8) is 0 Å². The van der Waals surface area contributed by atoms with E-state index in [1.54, 1.807) is 0 Å². The second kappa shape index (κ2) is 50.4. The number of unbranched alkanes of at least 4 members (excludes halogenated alkanes) is 15. The maximum absolute atomic E-state index is 3.78. The maximum atomic E-state index is 3.78. The van der Waals surface area contributed by atoms with Crippen LogP contribution in [0.5, 0.6) is 0 Å². The van der Waals surface area contributed by atoms with Gasteiger partial charge < -0.3 is 31.7 Å². The summed E-state index contributed by atoms with van der Waals surface area (Å²) in [5.74, 6) is 0. The molecule has 0 aromatic heterocycles. The van der Waals surface area contributed by atoms with E-state index >= 15 is 0 Å². The predicted molar refractivity (Wildman–Crippen MR) is 123 cm³/mol. The minimum atomic E-state index is 0.